The number of carbonyl (C=O) groups excluding carboxylic acids is 1. The molecule has 0 fully saturated rings. The Kier molecular flexibility index (Phi) is 4.04. The minimum Gasteiger partial charge on any atom is -0.507 e. The van der Waals surface area contributed by atoms with E-state index in [9.17, 15) is 18.7 Å². The molecule has 6 heteroatoms. The Morgan fingerprint density at radius 3 is 2.65 bits per heavy atom. The Morgan fingerprint density at radius 1 is 1.25 bits per heavy atom. The molecule has 20 heavy (non-hydrogen) atoms. The highest BCUT2D eigenvalue weighted by Gasteiger charge is 2.14. The zero-order chi connectivity index (χ0) is 14.9. The maximum atomic E-state index is 13.3. The van der Waals surface area contributed by atoms with Crippen LogP contribution in [0.25, 0.3) is 0 Å². The van der Waals surface area contributed by atoms with Crippen molar-refractivity contribution < 1.29 is 18.7 Å². The second-order valence-electron chi connectivity index (χ2n) is 4.20. The van der Waals surface area contributed by atoms with E-state index in [0.29, 0.717) is 11.3 Å². The lowest BCUT2D eigenvalue weighted by Gasteiger charge is -2.10. The summed E-state index contributed by atoms with van der Waals surface area (Å²) in [7, 11) is 0. The van der Waals surface area contributed by atoms with Crippen molar-refractivity contribution in [3.63, 3.8) is 0 Å². The third-order valence-corrected chi connectivity index (χ3v) is 3.33. The number of hydrogen-bond acceptors (Lipinski definition) is 2. The normalized spacial score (nSPS) is 10.4. The monoisotopic (exact) mass is 341 g/mol. The van der Waals surface area contributed by atoms with Crippen LogP contribution in [-0.2, 0) is 0 Å². The lowest BCUT2D eigenvalue weighted by Crippen LogP contribution is -2.13. The molecule has 0 aliphatic rings. The number of amides is 1. The molecule has 2 aromatic carbocycles. The Labute approximate surface area is 122 Å². The Morgan fingerprint density at radius 2 is 1.95 bits per heavy atom. The van der Waals surface area contributed by atoms with Gasteiger partial charge < -0.3 is 10.4 Å². The van der Waals surface area contributed by atoms with Crippen LogP contribution >= 0.6 is 15.9 Å². The first-order chi connectivity index (χ1) is 9.38. The summed E-state index contributed by atoms with van der Waals surface area (Å²) in [5, 5.41) is 12.1. The molecular weight excluding hydrogens is 332 g/mol. The highest BCUT2D eigenvalue weighted by molar-refractivity contribution is 9.10. The van der Waals surface area contributed by atoms with Crippen LogP contribution < -0.4 is 5.32 Å². The van der Waals surface area contributed by atoms with Gasteiger partial charge in [0.1, 0.15) is 17.4 Å². The van der Waals surface area contributed by atoms with Crippen LogP contribution in [0.4, 0.5) is 14.5 Å². The highest BCUT2D eigenvalue weighted by Crippen LogP contribution is 2.26. The van der Waals surface area contributed by atoms with Crippen LogP contribution in [0.3, 0.4) is 0 Å². The van der Waals surface area contributed by atoms with Gasteiger partial charge in [0.05, 0.1) is 10.0 Å². The molecule has 2 N–H and O–H groups in total. The van der Waals surface area contributed by atoms with Gasteiger partial charge in [0, 0.05) is 5.69 Å². The fourth-order valence-corrected chi connectivity index (χ4v) is 2.00. The summed E-state index contributed by atoms with van der Waals surface area (Å²) in [4.78, 5) is 12.0. The van der Waals surface area contributed by atoms with E-state index in [-0.39, 0.29) is 15.8 Å². The smallest absolute Gasteiger partial charge is 0.259 e. The first-order valence-electron chi connectivity index (χ1n) is 5.64. The largest absolute Gasteiger partial charge is 0.507 e. The molecule has 1 amide bonds. The van der Waals surface area contributed by atoms with Crippen molar-refractivity contribution in [1.29, 1.82) is 0 Å². The SMILES string of the molecule is Cc1cc(F)c(Br)cc1NC(=O)c1cc(F)ccc1O. The van der Waals surface area contributed by atoms with E-state index in [0.717, 1.165) is 18.2 Å². The molecule has 0 heterocycles. The summed E-state index contributed by atoms with van der Waals surface area (Å²) in [5.41, 5.74) is 0.687. The summed E-state index contributed by atoms with van der Waals surface area (Å²) in [6.07, 6.45) is 0. The number of aromatic hydroxyl groups is 1. The van der Waals surface area contributed by atoms with Gasteiger partial charge in [0.15, 0.2) is 0 Å². The molecular formula is C14H10BrF2NO2. The number of benzene rings is 2. The molecule has 0 bridgehead atoms. The molecule has 0 aliphatic heterocycles. The van der Waals surface area contributed by atoms with Crippen molar-refractivity contribution in [3.05, 3.63) is 57.6 Å². The van der Waals surface area contributed by atoms with E-state index in [1.165, 1.54) is 12.1 Å². The number of aryl methyl sites for hydroxylation is 1. The van der Waals surface area contributed by atoms with Crippen LogP contribution in [0.2, 0.25) is 0 Å². The third kappa shape index (κ3) is 2.96. The number of hydrogen-bond donors (Lipinski definition) is 2. The first-order valence-corrected chi connectivity index (χ1v) is 6.43. The average Bonchev–Trinajstić information content (AvgIpc) is 2.38. The summed E-state index contributed by atoms with van der Waals surface area (Å²) in [6, 6.07) is 5.73. The van der Waals surface area contributed by atoms with Gasteiger partial charge in [0.2, 0.25) is 0 Å². The highest BCUT2D eigenvalue weighted by atomic mass is 79.9. The van der Waals surface area contributed by atoms with Gasteiger partial charge in [0.25, 0.3) is 5.91 Å². The molecule has 0 atom stereocenters. The molecule has 0 spiro atoms. The predicted octanol–water partition coefficient (Wildman–Crippen LogP) is 3.99. The first kappa shape index (κ1) is 14.5. The van der Waals surface area contributed by atoms with Gasteiger partial charge in [-0.3, -0.25) is 4.79 Å². The maximum absolute atomic E-state index is 13.3. The van der Waals surface area contributed by atoms with Gasteiger partial charge in [-0.05, 0) is 58.7 Å². The Bertz CT molecular complexity index is 689. The minimum atomic E-state index is -0.677. The van der Waals surface area contributed by atoms with Crippen molar-refractivity contribution in [1.82, 2.24) is 0 Å². The standard InChI is InChI=1S/C14H10BrF2NO2/c1-7-4-11(17)10(15)6-12(7)18-14(20)9-5-8(16)2-3-13(9)19/h2-6,19H,1H3,(H,18,20). The van der Waals surface area contributed by atoms with E-state index < -0.39 is 17.5 Å². The number of rotatable bonds is 2. The van der Waals surface area contributed by atoms with Crippen LogP contribution in [0.1, 0.15) is 15.9 Å². The van der Waals surface area contributed by atoms with E-state index in [1.54, 1.807) is 6.92 Å². The lowest BCUT2D eigenvalue weighted by molar-refractivity contribution is 0.102. The number of nitrogens with one attached hydrogen (secondary N) is 1. The van der Waals surface area contributed by atoms with Crippen molar-refractivity contribution in [2.24, 2.45) is 0 Å². The van der Waals surface area contributed by atoms with Gasteiger partial charge in [-0.25, -0.2) is 8.78 Å². The lowest BCUT2D eigenvalue weighted by atomic mass is 10.1. The van der Waals surface area contributed by atoms with Crippen LogP contribution in [0.5, 0.6) is 5.75 Å². The average molecular weight is 342 g/mol. The number of anilines is 1. The second-order valence-corrected chi connectivity index (χ2v) is 5.05. The number of phenolic OH excluding ortho intramolecular Hbond substituents is 1. The summed E-state index contributed by atoms with van der Waals surface area (Å²) >= 11 is 3.02. The molecule has 0 aromatic heterocycles. The predicted molar refractivity (Wildman–Crippen MR) is 74.9 cm³/mol. The van der Waals surface area contributed by atoms with Crippen LogP contribution in [0, 0.1) is 18.6 Å². The maximum Gasteiger partial charge on any atom is 0.259 e. The summed E-state index contributed by atoms with van der Waals surface area (Å²) in [5.74, 6) is -2.09. The van der Waals surface area contributed by atoms with E-state index in [4.69, 9.17) is 0 Å². The van der Waals surface area contributed by atoms with Gasteiger partial charge in [-0.1, -0.05) is 0 Å². The number of halogens is 3. The summed E-state index contributed by atoms with van der Waals surface area (Å²) in [6.45, 7) is 1.62. The molecule has 2 aromatic rings. The molecule has 0 saturated carbocycles. The van der Waals surface area contributed by atoms with Gasteiger partial charge in [-0.15, -0.1) is 0 Å². The fourth-order valence-electron chi connectivity index (χ4n) is 1.66. The number of phenols is 1. The molecule has 0 unspecified atom stereocenters. The third-order valence-electron chi connectivity index (χ3n) is 2.72. The van der Waals surface area contributed by atoms with Crippen molar-refractivity contribution in [3.8, 4) is 5.75 Å². The summed E-state index contributed by atoms with van der Waals surface area (Å²) < 4.78 is 26.6. The zero-order valence-electron chi connectivity index (χ0n) is 10.4. The van der Waals surface area contributed by atoms with Gasteiger partial charge >= 0.3 is 0 Å². The zero-order valence-corrected chi connectivity index (χ0v) is 12.0. The Balaban J connectivity index is 2.32. The van der Waals surface area contributed by atoms with E-state index in [2.05, 4.69) is 21.2 Å². The molecule has 104 valence electrons. The topological polar surface area (TPSA) is 49.3 Å². The molecule has 0 aliphatic carbocycles. The number of carbonyl (C=O) groups is 1. The molecule has 2 rings (SSSR count). The van der Waals surface area contributed by atoms with Crippen LogP contribution in [0.15, 0.2) is 34.8 Å². The molecule has 3 nitrogen and oxygen atoms in total. The fraction of sp³-hybridized carbons (Fsp3) is 0.0714. The van der Waals surface area contributed by atoms with E-state index >= 15 is 0 Å². The minimum absolute atomic E-state index is 0.190. The van der Waals surface area contributed by atoms with Crippen molar-refractivity contribution in [2.75, 3.05) is 5.32 Å². The second kappa shape index (κ2) is 5.58. The van der Waals surface area contributed by atoms with Crippen molar-refractivity contribution >= 4 is 27.5 Å². The molecule has 0 saturated heterocycles. The van der Waals surface area contributed by atoms with Gasteiger partial charge in [-0.2, -0.15) is 0 Å². The van der Waals surface area contributed by atoms with Crippen molar-refractivity contribution in [2.45, 2.75) is 6.92 Å². The van der Waals surface area contributed by atoms with Crippen LogP contribution in [-0.4, -0.2) is 11.0 Å². The Hall–Kier alpha value is -1.95. The van der Waals surface area contributed by atoms with E-state index in [1.807, 2.05) is 0 Å². The quantitative estimate of drug-likeness (QED) is 0.867. The molecule has 0 radical (unpaired) electrons.